The first-order chi connectivity index (χ1) is 16.4. The van der Waals surface area contributed by atoms with Crippen LogP contribution in [0, 0.1) is 24.7 Å². The van der Waals surface area contributed by atoms with Gasteiger partial charge in [-0.2, -0.15) is 13.2 Å². The summed E-state index contributed by atoms with van der Waals surface area (Å²) in [7, 11) is 0. The Bertz CT molecular complexity index is 1040. The molecule has 0 N–H and O–H groups in total. The fraction of sp³-hybridized carbons (Fsp3) is 0.640. The van der Waals surface area contributed by atoms with Crippen molar-refractivity contribution in [3.63, 3.8) is 0 Å². The number of carbonyl (C=O) groups is 1. The van der Waals surface area contributed by atoms with Crippen molar-refractivity contribution in [3.05, 3.63) is 40.1 Å². The Morgan fingerprint density at radius 1 is 1.09 bits per heavy atom. The summed E-state index contributed by atoms with van der Waals surface area (Å²) < 4.78 is 61.2. The van der Waals surface area contributed by atoms with Crippen molar-refractivity contribution >= 4 is 29.7 Å². The van der Waals surface area contributed by atoms with E-state index in [9.17, 15) is 18.0 Å². The van der Waals surface area contributed by atoms with Gasteiger partial charge in [0.1, 0.15) is 5.76 Å². The first kappa shape index (κ1) is 26.8. The molecule has 1 saturated carbocycles. The lowest BCUT2D eigenvalue weighted by molar-refractivity contribution is -0.153. The standard InChI is InChI=1S/C25H32F3O5PS/c1-5-15-9-14(3)10-16(6-2)20(15)21-22(29)18-11-17(24-30-7-8-31-24)12-19(18)23(21)33-34(4,35)32-13-25(26,27)28/h9-10,17-19,24H,5-8,11-13H2,1-4H3. The Labute approximate surface area is 209 Å². The normalized spacial score (nSPS) is 26.9. The van der Waals surface area contributed by atoms with E-state index in [-0.39, 0.29) is 29.8 Å². The molecule has 4 rings (SSSR count). The van der Waals surface area contributed by atoms with Crippen LogP contribution >= 0.6 is 6.49 Å². The lowest BCUT2D eigenvalue weighted by Gasteiger charge is -2.25. The maximum absolute atomic E-state index is 13.9. The largest absolute Gasteiger partial charge is 0.447 e. The second-order valence-corrected chi connectivity index (χ2v) is 13.5. The smallest absolute Gasteiger partial charge is 0.412 e. The van der Waals surface area contributed by atoms with Gasteiger partial charge in [0.15, 0.2) is 18.7 Å². The number of Topliss-reactive ketones (excluding diaryl/α,β-unsaturated/α-hetero) is 1. The Morgan fingerprint density at radius 3 is 2.20 bits per heavy atom. The molecule has 0 spiro atoms. The van der Waals surface area contributed by atoms with Crippen molar-refractivity contribution in [2.24, 2.45) is 17.8 Å². The van der Waals surface area contributed by atoms with Crippen LogP contribution in [0.2, 0.25) is 0 Å². The fourth-order valence-corrected chi connectivity index (χ4v) is 7.01. The van der Waals surface area contributed by atoms with Crippen molar-refractivity contribution in [1.82, 2.24) is 0 Å². The molecule has 5 nitrogen and oxygen atoms in total. The molecule has 0 amide bonds. The van der Waals surface area contributed by atoms with Crippen LogP contribution < -0.4 is 0 Å². The highest BCUT2D eigenvalue weighted by Crippen LogP contribution is 2.58. The number of fused-ring (bicyclic) bond motifs is 1. The quantitative estimate of drug-likeness (QED) is 0.385. The molecule has 10 heteroatoms. The number of aryl methyl sites for hydroxylation is 3. The number of allylic oxidation sites excluding steroid dienone is 2. The molecule has 194 valence electrons. The van der Waals surface area contributed by atoms with Gasteiger partial charge < -0.3 is 18.5 Å². The predicted molar refractivity (Wildman–Crippen MR) is 131 cm³/mol. The molecule has 2 fully saturated rings. The van der Waals surface area contributed by atoms with E-state index < -0.39 is 19.3 Å². The first-order valence-electron chi connectivity index (χ1n) is 12.1. The van der Waals surface area contributed by atoms with Crippen molar-refractivity contribution in [2.75, 3.05) is 26.5 Å². The Morgan fingerprint density at radius 2 is 1.66 bits per heavy atom. The second kappa shape index (κ2) is 10.3. The molecule has 1 saturated heterocycles. The van der Waals surface area contributed by atoms with Gasteiger partial charge in [0.25, 0.3) is 0 Å². The van der Waals surface area contributed by atoms with Crippen LogP contribution in [-0.2, 0) is 48.0 Å². The molecule has 0 aromatic heterocycles. The maximum Gasteiger partial charge on any atom is 0.412 e. The minimum absolute atomic E-state index is 0.0108. The predicted octanol–water partition coefficient (Wildman–Crippen LogP) is 5.96. The summed E-state index contributed by atoms with van der Waals surface area (Å²) >= 11 is 5.40. The highest BCUT2D eigenvalue weighted by molar-refractivity contribution is 8.09. The zero-order valence-electron chi connectivity index (χ0n) is 20.4. The molecule has 3 aliphatic rings. The SMILES string of the molecule is CCc1cc(C)cc(CC)c1C1=C(OP(C)(=S)OCC(F)(F)F)C2CC(C3OCCO3)CC2C1=O. The van der Waals surface area contributed by atoms with Crippen LogP contribution in [0.25, 0.3) is 5.57 Å². The molecule has 1 aliphatic heterocycles. The molecule has 4 unspecified atom stereocenters. The second-order valence-electron chi connectivity index (χ2n) is 9.57. The van der Waals surface area contributed by atoms with E-state index in [1.807, 2.05) is 20.8 Å². The number of hydrogen-bond acceptors (Lipinski definition) is 6. The van der Waals surface area contributed by atoms with E-state index in [0.29, 0.717) is 50.2 Å². The monoisotopic (exact) mass is 532 g/mol. The maximum atomic E-state index is 13.9. The van der Waals surface area contributed by atoms with E-state index in [1.54, 1.807) is 0 Å². The Balaban J connectivity index is 1.78. The van der Waals surface area contributed by atoms with Crippen LogP contribution in [0.15, 0.2) is 17.9 Å². The molecular weight excluding hydrogens is 500 g/mol. The van der Waals surface area contributed by atoms with E-state index >= 15 is 0 Å². The number of rotatable bonds is 8. The van der Waals surface area contributed by atoms with Crippen LogP contribution in [0.3, 0.4) is 0 Å². The molecule has 0 bridgehead atoms. The third-order valence-corrected chi connectivity index (χ3v) is 8.65. The van der Waals surface area contributed by atoms with E-state index in [1.165, 1.54) is 6.66 Å². The lowest BCUT2D eigenvalue weighted by Crippen LogP contribution is -2.21. The first-order valence-corrected chi connectivity index (χ1v) is 15.1. The number of halogens is 3. The van der Waals surface area contributed by atoms with Gasteiger partial charge in [-0.25, -0.2) is 0 Å². The van der Waals surface area contributed by atoms with Gasteiger partial charge in [-0.15, -0.1) is 0 Å². The van der Waals surface area contributed by atoms with Crippen molar-refractivity contribution in [3.8, 4) is 0 Å². The van der Waals surface area contributed by atoms with Gasteiger partial charge in [-0.3, -0.25) is 4.79 Å². The molecule has 4 atom stereocenters. The summed E-state index contributed by atoms with van der Waals surface area (Å²) in [6.45, 7) is 3.67. The number of ether oxygens (including phenoxy) is 2. The average Bonchev–Trinajstić information content (AvgIpc) is 3.50. The lowest BCUT2D eigenvalue weighted by atomic mass is 9.87. The Kier molecular flexibility index (Phi) is 7.85. The fourth-order valence-electron chi connectivity index (χ4n) is 5.60. The van der Waals surface area contributed by atoms with E-state index in [0.717, 1.165) is 22.3 Å². The van der Waals surface area contributed by atoms with Crippen molar-refractivity contribution in [2.45, 2.75) is 58.9 Å². The van der Waals surface area contributed by atoms with E-state index in [4.69, 9.17) is 30.3 Å². The van der Waals surface area contributed by atoms with Crippen LogP contribution in [0.4, 0.5) is 13.2 Å². The van der Waals surface area contributed by atoms with Crippen molar-refractivity contribution < 1.29 is 36.5 Å². The van der Waals surface area contributed by atoms with Crippen molar-refractivity contribution in [1.29, 1.82) is 0 Å². The summed E-state index contributed by atoms with van der Waals surface area (Å²) in [5, 5.41) is 0. The molecule has 0 radical (unpaired) electrons. The number of hydrogen-bond donors (Lipinski definition) is 0. The molecular formula is C25H32F3O5PS. The van der Waals surface area contributed by atoms with Crippen LogP contribution in [0.1, 0.15) is 48.9 Å². The van der Waals surface area contributed by atoms with Gasteiger partial charge in [0.05, 0.1) is 18.8 Å². The number of benzene rings is 1. The van der Waals surface area contributed by atoms with Gasteiger partial charge in [0.2, 0.25) is 6.49 Å². The van der Waals surface area contributed by atoms with Gasteiger partial charge >= 0.3 is 6.18 Å². The zero-order valence-corrected chi connectivity index (χ0v) is 22.2. The highest BCUT2D eigenvalue weighted by atomic mass is 32.5. The Hall–Kier alpha value is -1.25. The number of alkyl halides is 3. The van der Waals surface area contributed by atoms with Gasteiger partial charge in [-0.1, -0.05) is 31.5 Å². The van der Waals surface area contributed by atoms with Gasteiger partial charge in [-0.05, 0) is 61.1 Å². The summed E-state index contributed by atoms with van der Waals surface area (Å²) in [5.41, 5.74) is 4.44. The summed E-state index contributed by atoms with van der Waals surface area (Å²) in [6.07, 6.45) is -2.31. The number of ketones is 1. The minimum Gasteiger partial charge on any atom is -0.447 e. The molecule has 1 aromatic rings. The number of carbonyl (C=O) groups excluding carboxylic acids is 1. The van der Waals surface area contributed by atoms with Gasteiger partial charge in [0, 0.05) is 24.4 Å². The highest BCUT2D eigenvalue weighted by Gasteiger charge is 2.53. The minimum atomic E-state index is -4.52. The van der Waals surface area contributed by atoms with Crippen LogP contribution in [-0.4, -0.2) is 44.7 Å². The third-order valence-electron chi connectivity index (χ3n) is 6.98. The molecule has 1 aromatic carbocycles. The molecule has 1 heterocycles. The zero-order chi connectivity index (χ0) is 25.5. The third kappa shape index (κ3) is 5.69. The summed E-state index contributed by atoms with van der Waals surface area (Å²) in [4.78, 5) is 13.9. The molecule has 35 heavy (non-hydrogen) atoms. The topological polar surface area (TPSA) is 54.0 Å². The summed E-state index contributed by atoms with van der Waals surface area (Å²) in [6, 6.07) is 4.12. The molecule has 2 aliphatic carbocycles. The summed E-state index contributed by atoms with van der Waals surface area (Å²) in [5.74, 6) is -0.267. The van der Waals surface area contributed by atoms with Crippen LogP contribution in [0.5, 0.6) is 0 Å². The van der Waals surface area contributed by atoms with E-state index in [2.05, 4.69) is 12.1 Å². The average molecular weight is 533 g/mol.